The zero-order valence-corrected chi connectivity index (χ0v) is 17.8. The van der Waals surface area contributed by atoms with Crippen molar-refractivity contribution in [3.8, 4) is 5.88 Å². The molecule has 1 aliphatic heterocycles. The third-order valence-electron chi connectivity index (χ3n) is 4.14. The predicted octanol–water partition coefficient (Wildman–Crippen LogP) is 1.69. The lowest BCUT2D eigenvalue weighted by Crippen LogP contribution is -2.29. The average Bonchev–Trinajstić information content (AvgIpc) is 3.18. The van der Waals surface area contributed by atoms with Gasteiger partial charge in [0, 0.05) is 26.2 Å². The Bertz CT molecular complexity index is 856. The van der Waals surface area contributed by atoms with Gasteiger partial charge in [0.2, 0.25) is 5.88 Å². The third kappa shape index (κ3) is 5.17. The molecule has 0 unspecified atom stereocenters. The van der Waals surface area contributed by atoms with Gasteiger partial charge >= 0.3 is 0 Å². The van der Waals surface area contributed by atoms with E-state index in [0.29, 0.717) is 17.4 Å². The van der Waals surface area contributed by atoms with Gasteiger partial charge in [0.15, 0.2) is 4.77 Å². The molecule has 11 heteroatoms. The van der Waals surface area contributed by atoms with Gasteiger partial charge in [-0.2, -0.15) is 5.10 Å². The van der Waals surface area contributed by atoms with Gasteiger partial charge in [-0.15, -0.1) is 0 Å². The highest BCUT2D eigenvalue weighted by atomic mass is 32.2. The van der Waals surface area contributed by atoms with Crippen LogP contribution in [0.15, 0.2) is 9.90 Å². The molecule has 0 aromatic carbocycles. The van der Waals surface area contributed by atoms with E-state index < -0.39 is 5.56 Å². The van der Waals surface area contributed by atoms with Crippen molar-refractivity contribution < 1.29 is 9.90 Å². The van der Waals surface area contributed by atoms with Crippen LogP contribution in [0.5, 0.6) is 5.88 Å². The Morgan fingerprint density at radius 1 is 1.30 bits per heavy atom. The molecular weight excluding hydrogens is 406 g/mol. The highest BCUT2D eigenvalue weighted by Gasteiger charge is 2.16. The number of hydrogen-bond acceptors (Lipinski definition) is 7. The summed E-state index contributed by atoms with van der Waals surface area (Å²) in [4.78, 5) is 26.5. The van der Waals surface area contributed by atoms with E-state index in [9.17, 15) is 14.7 Å². The van der Waals surface area contributed by atoms with Crippen LogP contribution in [-0.2, 0) is 17.9 Å². The van der Waals surface area contributed by atoms with Crippen molar-refractivity contribution in [1.29, 1.82) is 0 Å². The Hall–Kier alpha value is -1.72. The Labute approximate surface area is 172 Å². The summed E-state index contributed by atoms with van der Waals surface area (Å²) in [5.41, 5.74) is 1.89. The van der Waals surface area contributed by atoms with Crippen LogP contribution in [0.2, 0.25) is 0 Å². The van der Waals surface area contributed by atoms with E-state index in [0.717, 1.165) is 32.1 Å². The maximum Gasteiger partial charge on any atom is 0.267 e. The number of rotatable bonds is 6. The minimum Gasteiger partial charge on any atom is -0.494 e. The standard InChI is InChI=1S/C16H23N5O3S3/c1-3-20-13(23)11(14(24)21(4-2)15(20)25)9-17-18-12(22)10-27-16(26)19-7-5-6-8-19/h9,23H,3-8,10H2,1-2H3,(H,18,22). The van der Waals surface area contributed by atoms with Crippen LogP contribution in [0.4, 0.5) is 0 Å². The fraction of sp³-hybridized carbons (Fsp3) is 0.562. The zero-order chi connectivity index (χ0) is 20.0. The van der Waals surface area contributed by atoms with Crippen molar-refractivity contribution in [3.05, 3.63) is 20.7 Å². The molecule has 1 aromatic rings. The van der Waals surface area contributed by atoms with Gasteiger partial charge in [0.1, 0.15) is 9.88 Å². The molecule has 0 radical (unpaired) electrons. The SMILES string of the molecule is CCn1c(O)c(C=NNC(=O)CSC(=S)N2CCCC2)c(=O)n(CC)c1=S. The minimum atomic E-state index is -0.452. The second kappa shape index (κ2) is 10.00. The Morgan fingerprint density at radius 2 is 1.93 bits per heavy atom. The van der Waals surface area contributed by atoms with Crippen LogP contribution in [0.1, 0.15) is 32.3 Å². The number of nitrogens with zero attached hydrogens (tertiary/aromatic N) is 4. The van der Waals surface area contributed by atoms with Crippen molar-refractivity contribution >= 4 is 52.6 Å². The van der Waals surface area contributed by atoms with E-state index in [1.54, 1.807) is 6.92 Å². The molecule has 0 spiro atoms. The van der Waals surface area contributed by atoms with Gasteiger partial charge in [-0.25, -0.2) is 5.43 Å². The second-order valence-electron chi connectivity index (χ2n) is 5.86. The molecule has 148 valence electrons. The molecule has 2 rings (SSSR count). The van der Waals surface area contributed by atoms with Crippen LogP contribution in [0.25, 0.3) is 0 Å². The quantitative estimate of drug-likeness (QED) is 0.404. The summed E-state index contributed by atoms with van der Waals surface area (Å²) in [7, 11) is 0. The number of nitrogens with one attached hydrogen (secondary N) is 1. The van der Waals surface area contributed by atoms with Gasteiger partial charge in [-0.1, -0.05) is 24.0 Å². The molecule has 1 aliphatic rings. The molecule has 0 saturated carbocycles. The number of hydrazone groups is 1. The lowest BCUT2D eigenvalue weighted by atomic mass is 10.3. The van der Waals surface area contributed by atoms with E-state index in [-0.39, 0.29) is 27.9 Å². The first-order chi connectivity index (χ1) is 12.9. The van der Waals surface area contributed by atoms with E-state index >= 15 is 0 Å². The van der Waals surface area contributed by atoms with E-state index in [1.165, 1.54) is 20.9 Å². The monoisotopic (exact) mass is 429 g/mol. The molecule has 27 heavy (non-hydrogen) atoms. The first kappa shape index (κ1) is 21.6. The number of likely N-dealkylation sites (tertiary alicyclic amines) is 1. The van der Waals surface area contributed by atoms with E-state index in [1.807, 2.05) is 6.92 Å². The number of thioether (sulfide) groups is 1. The summed E-state index contributed by atoms with van der Waals surface area (Å²) in [6, 6.07) is 0. The van der Waals surface area contributed by atoms with Crippen LogP contribution < -0.4 is 11.0 Å². The van der Waals surface area contributed by atoms with Crippen LogP contribution in [-0.4, -0.2) is 54.4 Å². The smallest absolute Gasteiger partial charge is 0.267 e. The Kier molecular flexibility index (Phi) is 7.99. The van der Waals surface area contributed by atoms with Crippen molar-refractivity contribution in [2.24, 2.45) is 5.10 Å². The first-order valence-electron chi connectivity index (χ1n) is 8.70. The number of hydrogen-bond donors (Lipinski definition) is 2. The summed E-state index contributed by atoms with van der Waals surface area (Å²) in [5.74, 6) is -0.464. The number of aromatic hydroxyl groups is 1. The second-order valence-corrected chi connectivity index (χ2v) is 7.83. The van der Waals surface area contributed by atoms with Gasteiger partial charge in [-0.05, 0) is 38.9 Å². The van der Waals surface area contributed by atoms with Gasteiger partial charge in [-0.3, -0.25) is 18.7 Å². The summed E-state index contributed by atoms with van der Waals surface area (Å²) in [6.07, 6.45) is 3.39. The molecule has 2 N–H and O–H groups in total. The molecule has 1 aromatic heterocycles. The first-order valence-corrected chi connectivity index (χ1v) is 10.5. The Morgan fingerprint density at radius 3 is 2.52 bits per heavy atom. The molecule has 1 saturated heterocycles. The zero-order valence-electron chi connectivity index (χ0n) is 15.3. The van der Waals surface area contributed by atoms with Gasteiger partial charge in [0.05, 0.1) is 12.0 Å². The van der Waals surface area contributed by atoms with Crippen molar-refractivity contribution in [1.82, 2.24) is 19.5 Å². The van der Waals surface area contributed by atoms with E-state index in [2.05, 4.69) is 15.4 Å². The van der Waals surface area contributed by atoms with Gasteiger partial charge < -0.3 is 10.0 Å². The Balaban J connectivity index is 2.03. The molecule has 0 atom stereocenters. The van der Waals surface area contributed by atoms with Crippen LogP contribution in [0.3, 0.4) is 0 Å². The summed E-state index contributed by atoms with van der Waals surface area (Å²) >= 11 is 11.8. The molecule has 1 fully saturated rings. The van der Waals surface area contributed by atoms with Crippen molar-refractivity contribution in [2.75, 3.05) is 18.8 Å². The van der Waals surface area contributed by atoms with E-state index in [4.69, 9.17) is 24.4 Å². The summed E-state index contributed by atoms with van der Waals surface area (Å²) in [5, 5.41) is 14.1. The number of thiocarbonyl (C=S) groups is 1. The summed E-state index contributed by atoms with van der Waals surface area (Å²) in [6.45, 7) is 6.24. The number of amides is 1. The van der Waals surface area contributed by atoms with Crippen LogP contribution in [0, 0.1) is 4.77 Å². The molecule has 2 heterocycles. The summed E-state index contributed by atoms with van der Waals surface area (Å²) < 4.78 is 3.76. The highest BCUT2D eigenvalue weighted by molar-refractivity contribution is 8.23. The number of carbonyl (C=O) groups excluding carboxylic acids is 1. The lowest BCUT2D eigenvalue weighted by Gasteiger charge is -2.16. The highest BCUT2D eigenvalue weighted by Crippen LogP contribution is 2.16. The number of carbonyl (C=O) groups is 1. The fourth-order valence-electron chi connectivity index (χ4n) is 2.71. The normalized spacial score (nSPS) is 14.1. The number of aromatic nitrogens is 2. The average molecular weight is 430 g/mol. The molecule has 0 bridgehead atoms. The fourth-order valence-corrected chi connectivity index (χ4v) is 4.18. The molecule has 8 nitrogen and oxygen atoms in total. The minimum absolute atomic E-state index is 0.0205. The largest absolute Gasteiger partial charge is 0.494 e. The maximum absolute atomic E-state index is 12.4. The topological polar surface area (TPSA) is 91.9 Å². The van der Waals surface area contributed by atoms with Gasteiger partial charge in [0.25, 0.3) is 11.5 Å². The maximum atomic E-state index is 12.4. The lowest BCUT2D eigenvalue weighted by molar-refractivity contribution is -0.118. The molecular formula is C16H23N5O3S3. The van der Waals surface area contributed by atoms with Crippen molar-refractivity contribution in [2.45, 2.75) is 39.8 Å². The third-order valence-corrected chi connectivity index (χ3v) is 6.10. The predicted molar refractivity (Wildman–Crippen MR) is 114 cm³/mol. The molecule has 0 aliphatic carbocycles. The van der Waals surface area contributed by atoms with Crippen molar-refractivity contribution in [3.63, 3.8) is 0 Å². The molecule has 1 amide bonds. The van der Waals surface area contributed by atoms with Crippen LogP contribution >= 0.6 is 36.2 Å².